The fourth-order valence-electron chi connectivity index (χ4n) is 1.04. The number of carbonyl (C=O) groups is 1. The number of amides is 2. The summed E-state index contributed by atoms with van der Waals surface area (Å²) in [5.41, 5.74) is 5.31. The lowest BCUT2D eigenvalue weighted by molar-refractivity contribution is 0.206. The molecule has 0 aromatic carbocycles. The predicted molar refractivity (Wildman–Crippen MR) is 46.3 cm³/mol. The SMILES string of the molecule is C=C1NC(N)=NC(=O)N1C(C)C. The van der Waals surface area contributed by atoms with Crippen molar-refractivity contribution in [3.8, 4) is 0 Å². The molecule has 1 aliphatic heterocycles. The summed E-state index contributed by atoms with van der Waals surface area (Å²) < 4.78 is 0. The summed E-state index contributed by atoms with van der Waals surface area (Å²) in [4.78, 5) is 16.2. The van der Waals surface area contributed by atoms with Gasteiger partial charge in [-0.05, 0) is 13.8 Å². The molecule has 0 spiro atoms. The van der Waals surface area contributed by atoms with Crippen LogP contribution in [0.25, 0.3) is 0 Å². The number of guanidine groups is 1. The minimum atomic E-state index is -0.369. The Kier molecular flexibility index (Phi) is 2.03. The second-order valence-corrected chi connectivity index (χ2v) is 2.82. The third-order valence-corrected chi connectivity index (χ3v) is 1.50. The Bertz CT molecular complexity index is 256. The monoisotopic (exact) mass is 168 g/mol. The number of aliphatic imine (C=N–C) groups is 1. The Morgan fingerprint density at radius 3 is 2.67 bits per heavy atom. The van der Waals surface area contributed by atoms with Crippen LogP contribution >= 0.6 is 0 Å². The maximum Gasteiger partial charge on any atom is 0.352 e. The second-order valence-electron chi connectivity index (χ2n) is 2.82. The molecule has 0 saturated carbocycles. The van der Waals surface area contributed by atoms with Crippen molar-refractivity contribution in [3.63, 3.8) is 0 Å². The van der Waals surface area contributed by atoms with Crippen LogP contribution in [0.4, 0.5) is 4.79 Å². The molecule has 3 N–H and O–H groups in total. The Hall–Kier alpha value is -1.52. The molecule has 0 atom stereocenters. The smallest absolute Gasteiger partial charge is 0.352 e. The number of urea groups is 1. The van der Waals surface area contributed by atoms with Gasteiger partial charge in [-0.25, -0.2) is 4.79 Å². The standard InChI is InChI=1S/C7H12N4O/c1-4(2)11-5(3)9-6(8)10-7(11)12/h4H,3H2,1-2H3,(H3,8,9,10,12). The van der Waals surface area contributed by atoms with E-state index in [9.17, 15) is 4.79 Å². The van der Waals surface area contributed by atoms with E-state index < -0.39 is 0 Å². The molecule has 0 aromatic heterocycles. The van der Waals surface area contributed by atoms with Gasteiger partial charge in [0, 0.05) is 6.04 Å². The van der Waals surface area contributed by atoms with Crippen LogP contribution in [0, 0.1) is 0 Å². The summed E-state index contributed by atoms with van der Waals surface area (Å²) in [5.74, 6) is 0.574. The molecule has 2 amide bonds. The van der Waals surface area contributed by atoms with E-state index in [1.54, 1.807) is 0 Å². The van der Waals surface area contributed by atoms with Crippen molar-refractivity contribution in [3.05, 3.63) is 12.4 Å². The third kappa shape index (κ3) is 1.39. The van der Waals surface area contributed by atoms with Gasteiger partial charge in [0.1, 0.15) is 5.82 Å². The van der Waals surface area contributed by atoms with Crippen LogP contribution in [0.5, 0.6) is 0 Å². The molecule has 1 aliphatic rings. The molecule has 0 unspecified atom stereocenters. The van der Waals surface area contributed by atoms with Gasteiger partial charge in [0.25, 0.3) is 0 Å². The Morgan fingerprint density at radius 1 is 1.67 bits per heavy atom. The van der Waals surface area contributed by atoms with Gasteiger partial charge < -0.3 is 11.1 Å². The van der Waals surface area contributed by atoms with E-state index in [0.717, 1.165) is 0 Å². The number of rotatable bonds is 1. The molecule has 0 fully saturated rings. The predicted octanol–water partition coefficient (Wildman–Crippen LogP) is 0.206. The highest BCUT2D eigenvalue weighted by molar-refractivity contribution is 5.96. The van der Waals surface area contributed by atoms with Crippen LogP contribution in [0.15, 0.2) is 17.4 Å². The van der Waals surface area contributed by atoms with E-state index in [0.29, 0.717) is 5.82 Å². The van der Waals surface area contributed by atoms with Gasteiger partial charge >= 0.3 is 6.03 Å². The molecule has 0 radical (unpaired) electrons. The first-order chi connectivity index (χ1) is 5.52. The van der Waals surface area contributed by atoms with E-state index in [4.69, 9.17) is 5.73 Å². The molecule has 1 heterocycles. The number of nitrogens with two attached hydrogens (primary N) is 1. The van der Waals surface area contributed by atoms with Gasteiger partial charge in [0.15, 0.2) is 0 Å². The zero-order chi connectivity index (χ0) is 9.30. The van der Waals surface area contributed by atoms with Crippen molar-refractivity contribution in [2.24, 2.45) is 10.7 Å². The van der Waals surface area contributed by atoms with E-state index >= 15 is 0 Å². The van der Waals surface area contributed by atoms with E-state index in [-0.39, 0.29) is 18.0 Å². The maximum atomic E-state index is 11.2. The molecule has 1 rings (SSSR count). The number of hydrogen-bond acceptors (Lipinski definition) is 3. The van der Waals surface area contributed by atoms with Crippen molar-refractivity contribution < 1.29 is 4.79 Å². The van der Waals surface area contributed by atoms with Crippen molar-refractivity contribution in [1.29, 1.82) is 0 Å². The average molecular weight is 168 g/mol. The zero-order valence-corrected chi connectivity index (χ0v) is 7.16. The highest BCUT2D eigenvalue weighted by atomic mass is 16.2. The zero-order valence-electron chi connectivity index (χ0n) is 7.16. The normalized spacial score (nSPS) is 17.9. The Balaban J connectivity index is 2.91. The summed E-state index contributed by atoms with van der Waals surface area (Å²) >= 11 is 0. The van der Waals surface area contributed by atoms with Gasteiger partial charge in [0.2, 0.25) is 5.96 Å². The van der Waals surface area contributed by atoms with Crippen LogP contribution in [0.2, 0.25) is 0 Å². The molecule has 0 saturated heterocycles. The van der Waals surface area contributed by atoms with Gasteiger partial charge in [-0.1, -0.05) is 6.58 Å². The third-order valence-electron chi connectivity index (χ3n) is 1.50. The van der Waals surface area contributed by atoms with E-state index in [2.05, 4.69) is 16.9 Å². The van der Waals surface area contributed by atoms with Gasteiger partial charge in [-0.2, -0.15) is 4.99 Å². The summed E-state index contributed by atoms with van der Waals surface area (Å²) in [6.07, 6.45) is 0. The molecule has 0 bridgehead atoms. The summed E-state index contributed by atoms with van der Waals surface area (Å²) in [7, 11) is 0. The van der Waals surface area contributed by atoms with Gasteiger partial charge in [-0.3, -0.25) is 4.90 Å². The Labute approximate surface area is 70.9 Å². The van der Waals surface area contributed by atoms with Crippen molar-refractivity contribution >= 4 is 12.0 Å². The van der Waals surface area contributed by atoms with E-state index in [1.165, 1.54) is 4.90 Å². The summed E-state index contributed by atoms with van der Waals surface area (Å²) in [5, 5.41) is 2.68. The highest BCUT2D eigenvalue weighted by Crippen LogP contribution is 2.10. The highest BCUT2D eigenvalue weighted by Gasteiger charge is 2.24. The lowest BCUT2D eigenvalue weighted by Crippen LogP contribution is -2.48. The summed E-state index contributed by atoms with van der Waals surface area (Å²) in [6, 6.07) is -0.333. The van der Waals surface area contributed by atoms with Crippen LogP contribution in [0.3, 0.4) is 0 Å². The van der Waals surface area contributed by atoms with Crippen LogP contribution in [-0.4, -0.2) is 22.9 Å². The number of carbonyl (C=O) groups excluding carboxylic acids is 1. The summed E-state index contributed by atoms with van der Waals surface area (Å²) in [6.45, 7) is 7.40. The van der Waals surface area contributed by atoms with Crippen LogP contribution in [0.1, 0.15) is 13.8 Å². The number of hydrogen-bond donors (Lipinski definition) is 2. The molecule has 5 nitrogen and oxygen atoms in total. The molecular weight excluding hydrogens is 156 g/mol. The van der Waals surface area contributed by atoms with Crippen molar-refractivity contribution in [1.82, 2.24) is 10.2 Å². The first kappa shape index (κ1) is 8.58. The average Bonchev–Trinajstić information content (AvgIpc) is 1.82. The maximum absolute atomic E-state index is 11.2. The quantitative estimate of drug-likeness (QED) is 0.587. The fourth-order valence-corrected chi connectivity index (χ4v) is 1.04. The van der Waals surface area contributed by atoms with E-state index in [1.807, 2.05) is 13.8 Å². The first-order valence-electron chi connectivity index (χ1n) is 3.65. The Morgan fingerprint density at radius 2 is 2.25 bits per heavy atom. The lowest BCUT2D eigenvalue weighted by atomic mass is 10.3. The topological polar surface area (TPSA) is 70.7 Å². The van der Waals surface area contributed by atoms with Crippen LogP contribution < -0.4 is 11.1 Å². The molecule has 5 heteroatoms. The van der Waals surface area contributed by atoms with Crippen molar-refractivity contribution in [2.75, 3.05) is 0 Å². The molecule has 66 valence electrons. The minimum absolute atomic E-state index is 0.0364. The number of nitrogens with zero attached hydrogens (tertiary/aromatic N) is 2. The molecular formula is C7H12N4O. The minimum Gasteiger partial charge on any atom is -0.369 e. The molecule has 0 aromatic rings. The van der Waals surface area contributed by atoms with Crippen LogP contribution in [-0.2, 0) is 0 Å². The lowest BCUT2D eigenvalue weighted by Gasteiger charge is -2.29. The number of nitrogens with one attached hydrogen (secondary N) is 1. The molecule has 12 heavy (non-hydrogen) atoms. The van der Waals surface area contributed by atoms with Gasteiger partial charge in [-0.15, -0.1) is 0 Å². The second kappa shape index (κ2) is 2.84. The van der Waals surface area contributed by atoms with Crippen molar-refractivity contribution in [2.45, 2.75) is 19.9 Å². The largest absolute Gasteiger partial charge is 0.369 e. The molecule has 0 aliphatic carbocycles. The fraction of sp³-hybridized carbons (Fsp3) is 0.429. The van der Waals surface area contributed by atoms with Gasteiger partial charge in [0.05, 0.1) is 0 Å². The first-order valence-corrected chi connectivity index (χ1v) is 3.65.